The minimum absolute atomic E-state index is 0.275. The summed E-state index contributed by atoms with van der Waals surface area (Å²) in [5.41, 5.74) is 0.750. The average molecular weight is 345 g/mol. The Hall–Kier alpha value is -0.723. The molecular formula is C13H18BrFN2OSi. The topological polar surface area (TPSA) is 27.1 Å². The van der Waals surface area contributed by atoms with Crippen molar-refractivity contribution in [2.75, 3.05) is 6.61 Å². The number of benzene rings is 1. The Balaban J connectivity index is 2.05. The van der Waals surface area contributed by atoms with Crippen molar-refractivity contribution in [1.29, 1.82) is 0 Å². The molecule has 0 N–H and O–H groups in total. The van der Waals surface area contributed by atoms with Gasteiger partial charge in [0, 0.05) is 24.5 Å². The van der Waals surface area contributed by atoms with Crippen LogP contribution < -0.4 is 0 Å². The fourth-order valence-electron chi connectivity index (χ4n) is 1.73. The van der Waals surface area contributed by atoms with Gasteiger partial charge in [0.2, 0.25) is 0 Å². The van der Waals surface area contributed by atoms with E-state index in [4.69, 9.17) is 4.74 Å². The average Bonchev–Trinajstić information content (AvgIpc) is 2.66. The standard InChI is InChI=1S/C13H18BrFN2OSi/c1-19(2,3)5-4-18-9-17-13-7-10(15)6-12(14)11(13)8-16-17/h6-8H,4-5,9H2,1-3H3. The number of rotatable bonds is 5. The van der Waals surface area contributed by atoms with Crippen LogP contribution in [0, 0.1) is 5.82 Å². The smallest absolute Gasteiger partial charge is 0.139 e. The van der Waals surface area contributed by atoms with Crippen LogP contribution in [-0.2, 0) is 11.5 Å². The zero-order valence-electron chi connectivity index (χ0n) is 11.4. The van der Waals surface area contributed by atoms with Crippen molar-refractivity contribution in [2.24, 2.45) is 0 Å². The number of hydrogen-bond donors (Lipinski definition) is 0. The molecule has 0 atom stereocenters. The summed E-state index contributed by atoms with van der Waals surface area (Å²) in [6.45, 7) is 8.03. The second-order valence-electron chi connectivity index (χ2n) is 5.81. The maximum absolute atomic E-state index is 13.4. The molecule has 0 radical (unpaired) electrons. The highest BCUT2D eigenvalue weighted by molar-refractivity contribution is 9.10. The predicted molar refractivity (Wildman–Crippen MR) is 81.5 cm³/mol. The Morgan fingerprint density at radius 2 is 2.11 bits per heavy atom. The zero-order valence-corrected chi connectivity index (χ0v) is 14.0. The summed E-state index contributed by atoms with van der Waals surface area (Å²) in [6.07, 6.45) is 1.72. The summed E-state index contributed by atoms with van der Waals surface area (Å²) in [7, 11) is -1.07. The van der Waals surface area contributed by atoms with E-state index in [0.29, 0.717) is 6.73 Å². The quantitative estimate of drug-likeness (QED) is 0.598. The molecule has 0 saturated carbocycles. The van der Waals surface area contributed by atoms with E-state index in [9.17, 15) is 4.39 Å². The molecule has 0 aliphatic rings. The van der Waals surface area contributed by atoms with E-state index in [-0.39, 0.29) is 5.82 Å². The molecule has 6 heteroatoms. The van der Waals surface area contributed by atoms with Gasteiger partial charge in [-0.25, -0.2) is 9.07 Å². The predicted octanol–water partition coefficient (Wildman–Crippen LogP) is 4.25. The molecule has 0 bridgehead atoms. The van der Waals surface area contributed by atoms with E-state index in [0.717, 1.165) is 28.0 Å². The van der Waals surface area contributed by atoms with E-state index in [1.807, 2.05) is 0 Å². The Kier molecular flexibility index (Phi) is 4.42. The lowest BCUT2D eigenvalue weighted by molar-refractivity contribution is 0.0817. The van der Waals surface area contributed by atoms with E-state index >= 15 is 0 Å². The van der Waals surface area contributed by atoms with E-state index < -0.39 is 8.07 Å². The van der Waals surface area contributed by atoms with Crippen molar-refractivity contribution >= 4 is 34.9 Å². The second kappa shape index (κ2) is 5.72. The van der Waals surface area contributed by atoms with Crippen LogP contribution in [-0.4, -0.2) is 24.5 Å². The van der Waals surface area contributed by atoms with Crippen LogP contribution in [0.15, 0.2) is 22.8 Å². The Morgan fingerprint density at radius 1 is 1.37 bits per heavy atom. The molecule has 0 aliphatic carbocycles. The van der Waals surface area contributed by atoms with Gasteiger partial charge in [0.1, 0.15) is 12.5 Å². The number of ether oxygens (including phenoxy) is 1. The first-order valence-corrected chi connectivity index (χ1v) is 10.8. The maximum atomic E-state index is 13.4. The maximum Gasteiger partial charge on any atom is 0.139 e. The molecule has 104 valence electrons. The van der Waals surface area contributed by atoms with Crippen molar-refractivity contribution in [3.8, 4) is 0 Å². The van der Waals surface area contributed by atoms with Crippen LogP contribution in [0.25, 0.3) is 10.9 Å². The van der Waals surface area contributed by atoms with Crippen molar-refractivity contribution in [2.45, 2.75) is 32.4 Å². The van der Waals surface area contributed by atoms with Gasteiger partial charge in [0.25, 0.3) is 0 Å². The van der Waals surface area contributed by atoms with Crippen LogP contribution >= 0.6 is 15.9 Å². The summed E-state index contributed by atoms with van der Waals surface area (Å²) in [5.74, 6) is -0.275. The highest BCUT2D eigenvalue weighted by Gasteiger charge is 2.13. The molecular weight excluding hydrogens is 327 g/mol. The molecule has 3 nitrogen and oxygen atoms in total. The molecule has 1 aromatic carbocycles. The summed E-state index contributed by atoms with van der Waals surface area (Å²) < 4.78 is 21.4. The van der Waals surface area contributed by atoms with E-state index in [1.54, 1.807) is 10.9 Å². The van der Waals surface area contributed by atoms with Gasteiger partial charge in [-0.1, -0.05) is 19.6 Å². The van der Waals surface area contributed by atoms with Crippen molar-refractivity contribution < 1.29 is 9.13 Å². The largest absolute Gasteiger partial charge is 0.360 e. The van der Waals surface area contributed by atoms with Crippen LogP contribution in [0.3, 0.4) is 0 Å². The first kappa shape index (κ1) is 14.7. The van der Waals surface area contributed by atoms with Gasteiger partial charge in [0.15, 0.2) is 0 Å². The van der Waals surface area contributed by atoms with Crippen LogP contribution in [0.4, 0.5) is 4.39 Å². The zero-order chi connectivity index (χ0) is 14.0. The van der Waals surface area contributed by atoms with Gasteiger partial charge in [-0.2, -0.15) is 5.10 Å². The summed E-state index contributed by atoms with van der Waals surface area (Å²) in [6, 6.07) is 4.04. The monoisotopic (exact) mass is 344 g/mol. The number of nitrogens with zero attached hydrogens (tertiary/aromatic N) is 2. The van der Waals surface area contributed by atoms with Gasteiger partial charge < -0.3 is 4.74 Å². The second-order valence-corrected chi connectivity index (χ2v) is 12.3. The van der Waals surface area contributed by atoms with Crippen LogP contribution in [0.5, 0.6) is 0 Å². The normalized spacial score (nSPS) is 12.3. The molecule has 19 heavy (non-hydrogen) atoms. The number of fused-ring (bicyclic) bond motifs is 1. The van der Waals surface area contributed by atoms with Crippen molar-refractivity contribution in [3.05, 3.63) is 28.6 Å². The number of hydrogen-bond acceptors (Lipinski definition) is 2. The molecule has 2 aromatic rings. The molecule has 0 unspecified atom stereocenters. The number of aromatic nitrogens is 2. The van der Waals surface area contributed by atoms with Crippen molar-refractivity contribution in [3.63, 3.8) is 0 Å². The number of halogens is 2. The Morgan fingerprint density at radius 3 is 2.79 bits per heavy atom. The molecule has 1 aromatic heterocycles. The molecule has 0 amide bonds. The summed E-state index contributed by atoms with van der Waals surface area (Å²) in [4.78, 5) is 0. The van der Waals surface area contributed by atoms with Gasteiger partial charge in [0.05, 0.1) is 11.7 Å². The first-order valence-electron chi connectivity index (χ1n) is 6.25. The molecule has 0 saturated heterocycles. The minimum Gasteiger partial charge on any atom is -0.360 e. The van der Waals surface area contributed by atoms with Gasteiger partial charge in [-0.3, -0.25) is 0 Å². The van der Waals surface area contributed by atoms with E-state index in [1.165, 1.54) is 12.1 Å². The Labute approximate surface area is 121 Å². The van der Waals surface area contributed by atoms with Gasteiger partial charge in [-0.05, 0) is 34.1 Å². The molecule has 0 aliphatic heterocycles. The molecule has 1 heterocycles. The SMILES string of the molecule is C[Si](C)(C)CCOCn1ncc2c(Br)cc(F)cc21. The molecule has 2 rings (SSSR count). The van der Waals surface area contributed by atoms with Crippen LogP contribution in [0.2, 0.25) is 25.7 Å². The van der Waals surface area contributed by atoms with Gasteiger partial charge >= 0.3 is 0 Å². The first-order chi connectivity index (χ1) is 8.87. The molecule has 0 fully saturated rings. The summed E-state index contributed by atoms with van der Waals surface area (Å²) >= 11 is 3.34. The third kappa shape index (κ3) is 3.87. The van der Waals surface area contributed by atoms with Crippen molar-refractivity contribution in [1.82, 2.24) is 9.78 Å². The lowest BCUT2D eigenvalue weighted by Crippen LogP contribution is -2.22. The summed E-state index contributed by atoms with van der Waals surface area (Å²) in [5, 5.41) is 5.14. The fourth-order valence-corrected chi connectivity index (χ4v) is 3.02. The minimum atomic E-state index is -1.07. The highest BCUT2D eigenvalue weighted by Crippen LogP contribution is 2.25. The van der Waals surface area contributed by atoms with E-state index in [2.05, 4.69) is 40.7 Å². The third-order valence-electron chi connectivity index (χ3n) is 2.89. The highest BCUT2D eigenvalue weighted by atomic mass is 79.9. The third-order valence-corrected chi connectivity index (χ3v) is 5.25. The Bertz CT molecular complexity index is 580. The fraction of sp³-hybridized carbons (Fsp3) is 0.462. The lowest BCUT2D eigenvalue weighted by atomic mass is 10.2. The van der Waals surface area contributed by atoms with Gasteiger partial charge in [-0.15, -0.1) is 0 Å². The molecule has 0 spiro atoms. The van der Waals surface area contributed by atoms with Crippen LogP contribution in [0.1, 0.15) is 0 Å². The lowest BCUT2D eigenvalue weighted by Gasteiger charge is -2.15.